The standard InChI is InChI=1S/C12H22N2O3/c1-9(2)10(13-12(16)17-3)11(15)14-7-5-4-6-8-14/h9-10H,4-8H2,1-3H3,(H,13,16)/t10-/m1/s1. The number of piperidine rings is 1. The number of hydrogen-bond donors (Lipinski definition) is 1. The highest BCUT2D eigenvalue weighted by molar-refractivity contribution is 5.86. The lowest BCUT2D eigenvalue weighted by Gasteiger charge is -2.32. The van der Waals surface area contributed by atoms with Gasteiger partial charge in [0.05, 0.1) is 7.11 Å². The van der Waals surface area contributed by atoms with Crippen LogP contribution in [-0.2, 0) is 9.53 Å². The maximum absolute atomic E-state index is 12.2. The predicted octanol–water partition coefficient (Wildman–Crippen LogP) is 1.38. The molecule has 0 saturated carbocycles. The van der Waals surface area contributed by atoms with E-state index in [1.54, 1.807) is 0 Å². The molecule has 5 nitrogen and oxygen atoms in total. The van der Waals surface area contributed by atoms with Crippen LogP contribution in [0.3, 0.4) is 0 Å². The van der Waals surface area contributed by atoms with E-state index in [0.29, 0.717) is 0 Å². The Morgan fingerprint density at radius 1 is 1.18 bits per heavy atom. The summed E-state index contributed by atoms with van der Waals surface area (Å²) in [6.45, 7) is 5.43. The van der Waals surface area contributed by atoms with E-state index >= 15 is 0 Å². The van der Waals surface area contributed by atoms with Crippen molar-refractivity contribution in [3.05, 3.63) is 0 Å². The van der Waals surface area contributed by atoms with Crippen molar-refractivity contribution in [2.75, 3.05) is 20.2 Å². The van der Waals surface area contributed by atoms with Crippen LogP contribution in [0.25, 0.3) is 0 Å². The maximum Gasteiger partial charge on any atom is 0.407 e. The van der Waals surface area contributed by atoms with Crippen molar-refractivity contribution in [2.24, 2.45) is 5.92 Å². The van der Waals surface area contributed by atoms with E-state index in [1.165, 1.54) is 13.5 Å². The van der Waals surface area contributed by atoms with Gasteiger partial charge in [0, 0.05) is 13.1 Å². The molecule has 1 fully saturated rings. The summed E-state index contributed by atoms with van der Waals surface area (Å²) in [6, 6.07) is -0.486. The van der Waals surface area contributed by atoms with Gasteiger partial charge < -0.3 is 15.0 Å². The largest absolute Gasteiger partial charge is 0.453 e. The van der Waals surface area contributed by atoms with Crippen molar-refractivity contribution in [3.8, 4) is 0 Å². The highest BCUT2D eigenvalue weighted by Crippen LogP contribution is 2.13. The Labute approximate surface area is 102 Å². The SMILES string of the molecule is COC(=O)N[C@@H](C(=O)N1CCCCC1)C(C)C. The summed E-state index contributed by atoms with van der Waals surface area (Å²) in [5.41, 5.74) is 0. The Balaban J connectivity index is 2.62. The molecule has 0 aliphatic carbocycles. The molecule has 0 aromatic carbocycles. The Morgan fingerprint density at radius 2 is 1.76 bits per heavy atom. The number of ether oxygens (including phenoxy) is 1. The van der Waals surface area contributed by atoms with Crippen LogP contribution in [0.5, 0.6) is 0 Å². The highest BCUT2D eigenvalue weighted by atomic mass is 16.5. The van der Waals surface area contributed by atoms with Crippen LogP contribution in [0.1, 0.15) is 33.1 Å². The van der Waals surface area contributed by atoms with Gasteiger partial charge in [0.1, 0.15) is 6.04 Å². The molecule has 17 heavy (non-hydrogen) atoms. The van der Waals surface area contributed by atoms with Crippen LogP contribution in [0.4, 0.5) is 4.79 Å². The Kier molecular flexibility index (Phi) is 5.25. The molecule has 0 spiro atoms. The fraction of sp³-hybridized carbons (Fsp3) is 0.833. The molecule has 0 aromatic heterocycles. The summed E-state index contributed by atoms with van der Waals surface area (Å²) in [6.07, 6.45) is 2.73. The van der Waals surface area contributed by atoms with Gasteiger partial charge >= 0.3 is 6.09 Å². The van der Waals surface area contributed by atoms with Gasteiger partial charge in [-0.1, -0.05) is 13.8 Å². The Bertz CT molecular complexity index is 273. The first-order valence-electron chi connectivity index (χ1n) is 6.19. The minimum absolute atomic E-state index is 0.00472. The summed E-state index contributed by atoms with van der Waals surface area (Å²) in [4.78, 5) is 25.3. The number of nitrogens with zero attached hydrogens (tertiary/aromatic N) is 1. The van der Waals surface area contributed by atoms with Crippen LogP contribution in [0.15, 0.2) is 0 Å². The molecule has 1 atom stereocenters. The summed E-state index contributed by atoms with van der Waals surface area (Å²) < 4.78 is 4.55. The monoisotopic (exact) mass is 242 g/mol. The molecule has 1 aliphatic rings. The number of alkyl carbamates (subject to hydrolysis) is 1. The van der Waals surface area contributed by atoms with Crippen molar-refractivity contribution in [3.63, 3.8) is 0 Å². The van der Waals surface area contributed by atoms with Gasteiger partial charge in [-0.05, 0) is 25.2 Å². The summed E-state index contributed by atoms with van der Waals surface area (Å²) >= 11 is 0. The highest BCUT2D eigenvalue weighted by Gasteiger charge is 2.29. The molecule has 1 N–H and O–H groups in total. The van der Waals surface area contributed by atoms with E-state index in [-0.39, 0.29) is 11.8 Å². The minimum atomic E-state index is -0.547. The van der Waals surface area contributed by atoms with E-state index in [9.17, 15) is 9.59 Å². The maximum atomic E-state index is 12.2. The van der Waals surface area contributed by atoms with Gasteiger partial charge in [-0.3, -0.25) is 4.79 Å². The lowest BCUT2D eigenvalue weighted by Crippen LogP contribution is -2.52. The normalized spacial score (nSPS) is 17.8. The predicted molar refractivity (Wildman–Crippen MR) is 64.6 cm³/mol. The lowest BCUT2D eigenvalue weighted by atomic mass is 10.0. The first-order valence-corrected chi connectivity index (χ1v) is 6.19. The molecule has 1 aliphatic heterocycles. The summed E-state index contributed by atoms with van der Waals surface area (Å²) in [5.74, 6) is 0.0635. The van der Waals surface area contributed by atoms with Crippen LogP contribution in [-0.4, -0.2) is 43.1 Å². The first-order chi connectivity index (χ1) is 8.06. The first kappa shape index (κ1) is 13.8. The van der Waals surface area contributed by atoms with Crippen molar-refractivity contribution in [2.45, 2.75) is 39.2 Å². The fourth-order valence-corrected chi connectivity index (χ4v) is 2.01. The second-order valence-electron chi connectivity index (χ2n) is 4.74. The van der Waals surface area contributed by atoms with Crippen molar-refractivity contribution in [1.82, 2.24) is 10.2 Å². The third-order valence-electron chi connectivity index (χ3n) is 3.06. The minimum Gasteiger partial charge on any atom is -0.453 e. The number of nitrogens with one attached hydrogen (secondary N) is 1. The van der Waals surface area contributed by atoms with Crippen LogP contribution < -0.4 is 5.32 Å². The average molecular weight is 242 g/mol. The van der Waals surface area contributed by atoms with Gasteiger partial charge in [-0.2, -0.15) is 0 Å². The second-order valence-corrected chi connectivity index (χ2v) is 4.74. The average Bonchev–Trinajstić information content (AvgIpc) is 2.35. The molecule has 1 rings (SSSR count). The van der Waals surface area contributed by atoms with Gasteiger partial charge in [0.25, 0.3) is 0 Å². The second kappa shape index (κ2) is 6.47. The van der Waals surface area contributed by atoms with Crippen LogP contribution >= 0.6 is 0 Å². The molecular formula is C12H22N2O3. The lowest BCUT2D eigenvalue weighted by molar-refractivity contribution is -0.135. The van der Waals surface area contributed by atoms with Crippen LogP contribution in [0, 0.1) is 5.92 Å². The zero-order valence-electron chi connectivity index (χ0n) is 10.9. The van der Waals surface area contributed by atoms with Crippen molar-refractivity contribution in [1.29, 1.82) is 0 Å². The number of hydrogen-bond acceptors (Lipinski definition) is 3. The van der Waals surface area contributed by atoms with Crippen LogP contribution in [0.2, 0.25) is 0 Å². The number of amides is 2. The summed E-state index contributed by atoms with van der Waals surface area (Å²) in [5, 5.41) is 2.61. The van der Waals surface area contributed by atoms with Gasteiger partial charge in [-0.15, -0.1) is 0 Å². The van der Waals surface area contributed by atoms with Gasteiger partial charge in [0.2, 0.25) is 5.91 Å². The van der Waals surface area contributed by atoms with Crippen molar-refractivity contribution < 1.29 is 14.3 Å². The van der Waals surface area contributed by atoms with E-state index < -0.39 is 12.1 Å². The summed E-state index contributed by atoms with van der Waals surface area (Å²) in [7, 11) is 1.30. The number of likely N-dealkylation sites (tertiary alicyclic amines) is 1. The van der Waals surface area contributed by atoms with E-state index in [4.69, 9.17) is 0 Å². The van der Waals surface area contributed by atoms with Gasteiger partial charge in [-0.25, -0.2) is 4.79 Å². The van der Waals surface area contributed by atoms with E-state index in [0.717, 1.165) is 25.9 Å². The number of carbonyl (C=O) groups is 2. The van der Waals surface area contributed by atoms with Crippen molar-refractivity contribution >= 4 is 12.0 Å². The molecular weight excluding hydrogens is 220 g/mol. The molecule has 0 aromatic rings. The Morgan fingerprint density at radius 3 is 2.24 bits per heavy atom. The van der Waals surface area contributed by atoms with E-state index in [2.05, 4.69) is 10.1 Å². The third-order valence-corrected chi connectivity index (χ3v) is 3.06. The molecule has 2 amide bonds. The number of rotatable bonds is 3. The zero-order valence-corrected chi connectivity index (χ0v) is 10.9. The molecule has 1 heterocycles. The van der Waals surface area contributed by atoms with Gasteiger partial charge in [0.15, 0.2) is 0 Å². The quantitative estimate of drug-likeness (QED) is 0.813. The van der Waals surface area contributed by atoms with E-state index in [1.807, 2.05) is 18.7 Å². The Hall–Kier alpha value is -1.26. The molecule has 0 radical (unpaired) electrons. The molecule has 0 unspecified atom stereocenters. The molecule has 1 saturated heterocycles. The zero-order chi connectivity index (χ0) is 12.8. The number of methoxy groups -OCH3 is 1. The molecule has 5 heteroatoms. The molecule has 98 valence electrons. The fourth-order valence-electron chi connectivity index (χ4n) is 2.01. The smallest absolute Gasteiger partial charge is 0.407 e. The molecule has 0 bridgehead atoms. The number of carbonyl (C=O) groups excluding carboxylic acids is 2. The topological polar surface area (TPSA) is 58.6 Å². The third kappa shape index (κ3) is 3.91.